The molecule has 0 bridgehead atoms. The van der Waals surface area contributed by atoms with Gasteiger partial charge < -0.3 is 15.7 Å². The van der Waals surface area contributed by atoms with Crippen LogP contribution < -0.4 is 10.6 Å². The summed E-state index contributed by atoms with van der Waals surface area (Å²) in [7, 11) is 0. The molecule has 1 saturated heterocycles. The van der Waals surface area contributed by atoms with Crippen molar-refractivity contribution in [3.8, 4) is 5.75 Å². The normalized spacial score (nSPS) is 20.1. The van der Waals surface area contributed by atoms with Gasteiger partial charge in [0.25, 0.3) is 0 Å². The number of benzene rings is 1. The summed E-state index contributed by atoms with van der Waals surface area (Å²) in [5.74, 6) is -1.00. The predicted molar refractivity (Wildman–Crippen MR) is 60.9 cm³/mol. The maximum absolute atomic E-state index is 13.1. The number of carbonyl (C=O) groups is 1. The molecule has 0 aromatic heterocycles. The monoisotopic (exact) mass is 238 g/mol. The zero-order chi connectivity index (χ0) is 12.3. The second-order valence-corrected chi connectivity index (χ2v) is 4.15. The van der Waals surface area contributed by atoms with Crippen LogP contribution in [0.2, 0.25) is 0 Å². The van der Waals surface area contributed by atoms with Crippen molar-refractivity contribution < 1.29 is 14.3 Å². The minimum absolute atomic E-state index is 0.00417. The molecule has 4 nitrogen and oxygen atoms in total. The van der Waals surface area contributed by atoms with Crippen molar-refractivity contribution in [2.45, 2.75) is 25.4 Å². The van der Waals surface area contributed by atoms with Gasteiger partial charge in [-0.25, -0.2) is 4.39 Å². The molecule has 2 rings (SSSR count). The number of nitrogens with one attached hydrogen (secondary N) is 2. The van der Waals surface area contributed by atoms with Crippen LogP contribution >= 0.6 is 0 Å². The van der Waals surface area contributed by atoms with Gasteiger partial charge in [-0.1, -0.05) is 6.07 Å². The zero-order valence-corrected chi connectivity index (χ0v) is 9.37. The Hall–Kier alpha value is -1.62. The number of halogens is 1. The number of phenols is 1. The standard InChI is InChI=1S/C12H15FN2O2/c13-9-6-8(3-4-11(9)16)7-15-10-2-1-5-14-12(10)17/h3-4,6,10,15-16H,1-2,5,7H2,(H,14,17). The van der Waals surface area contributed by atoms with Gasteiger partial charge in [0.2, 0.25) is 5.91 Å². The third kappa shape index (κ3) is 2.94. The maximum Gasteiger partial charge on any atom is 0.237 e. The van der Waals surface area contributed by atoms with E-state index >= 15 is 0 Å². The molecule has 92 valence electrons. The van der Waals surface area contributed by atoms with Gasteiger partial charge in [0.15, 0.2) is 11.6 Å². The molecule has 1 aromatic rings. The van der Waals surface area contributed by atoms with Gasteiger partial charge in [0.1, 0.15) is 0 Å². The van der Waals surface area contributed by atoms with Gasteiger partial charge in [-0.15, -0.1) is 0 Å². The second-order valence-electron chi connectivity index (χ2n) is 4.15. The number of hydrogen-bond donors (Lipinski definition) is 3. The topological polar surface area (TPSA) is 61.4 Å². The highest BCUT2D eigenvalue weighted by atomic mass is 19.1. The summed E-state index contributed by atoms with van der Waals surface area (Å²) >= 11 is 0. The van der Waals surface area contributed by atoms with E-state index in [0.717, 1.165) is 19.4 Å². The Kier molecular flexibility index (Phi) is 3.58. The summed E-state index contributed by atoms with van der Waals surface area (Å²) < 4.78 is 13.1. The summed E-state index contributed by atoms with van der Waals surface area (Å²) in [5.41, 5.74) is 0.707. The van der Waals surface area contributed by atoms with Gasteiger partial charge in [-0.2, -0.15) is 0 Å². The number of piperidine rings is 1. The van der Waals surface area contributed by atoms with Crippen LogP contribution in [0.1, 0.15) is 18.4 Å². The van der Waals surface area contributed by atoms with E-state index in [1.54, 1.807) is 6.07 Å². The molecule has 0 saturated carbocycles. The Morgan fingerprint density at radius 1 is 1.53 bits per heavy atom. The van der Waals surface area contributed by atoms with Crippen LogP contribution in [0.15, 0.2) is 18.2 Å². The van der Waals surface area contributed by atoms with E-state index in [9.17, 15) is 9.18 Å². The molecule has 0 aliphatic carbocycles. The Bertz CT molecular complexity index is 423. The molecule has 1 aliphatic heterocycles. The molecule has 3 N–H and O–H groups in total. The van der Waals surface area contributed by atoms with Crippen molar-refractivity contribution in [1.82, 2.24) is 10.6 Å². The molecule has 1 fully saturated rings. The van der Waals surface area contributed by atoms with Crippen LogP contribution in [0.4, 0.5) is 4.39 Å². The number of amides is 1. The van der Waals surface area contributed by atoms with Crippen molar-refractivity contribution in [3.05, 3.63) is 29.6 Å². The van der Waals surface area contributed by atoms with E-state index in [1.165, 1.54) is 12.1 Å². The maximum atomic E-state index is 13.1. The Balaban J connectivity index is 1.92. The van der Waals surface area contributed by atoms with Crippen LogP contribution in [0.25, 0.3) is 0 Å². The van der Waals surface area contributed by atoms with E-state index in [0.29, 0.717) is 12.1 Å². The molecule has 17 heavy (non-hydrogen) atoms. The van der Waals surface area contributed by atoms with E-state index in [1.807, 2.05) is 0 Å². The first kappa shape index (κ1) is 11.9. The van der Waals surface area contributed by atoms with Gasteiger partial charge in [-0.05, 0) is 30.5 Å². The first-order valence-electron chi connectivity index (χ1n) is 5.65. The van der Waals surface area contributed by atoms with Gasteiger partial charge in [0, 0.05) is 13.1 Å². The SMILES string of the molecule is O=C1NCCCC1NCc1ccc(O)c(F)c1. The Morgan fingerprint density at radius 3 is 3.06 bits per heavy atom. The number of carbonyl (C=O) groups excluding carboxylic acids is 1. The van der Waals surface area contributed by atoms with Crippen LogP contribution in [-0.4, -0.2) is 23.6 Å². The lowest BCUT2D eigenvalue weighted by Gasteiger charge is -2.22. The van der Waals surface area contributed by atoms with Crippen molar-refractivity contribution in [3.63, 3.8) is 0 Å². The molecule has 1 heterocycles. The predicted octanol–water partition coefficient (Wildman–Crippen LogP) is 0.899. The highest BCUT2D eigenvalue weighted by Gasteiger charge is 2.20. The number of phenolic OH excluding ortho intramolecular Hbond substituents is 1. The zero-order valence-electron chi connectivity index (χ0n) is 9.37. The Labute approximate surface area is 98.8 Å². The summed E-state index contributed by atoms with van der Waals surface area (Å²) in [6.45, 7) is 1.14. The Morgan fingerprint density at radius 2 is 2.35 bits per heavy atom. The lowest BCUT2D eigenvalue weighted by molar-refractivity contribution is -0.124. The first-order chi connectivity index (χ1) is 8.16. The summed E-state index contributed by atoms with van der Waals surface area (Å²) in [6, 6.07) is 4.00. The first-order valence-corrected chi connectivity index (χ1v) is 5.65. The second kappa shape index (κ2) is 5.14. The van der Waals surface area contributed by atoms with Gasteiger partial charge in [0.05, 0.1) is 6.04 Å². The third-order valence-corrected chi connectivity index (χ3v) is 2.85. The minimum Gasteiger partial charge on any atom is -0.505 e. The van der Waals surface area contributed by atoms with Crippen LogP contribution in [0.3, 0.4) is 0 Å². The van der Waals surface area contributed by atoms with Crippen LogP contribution in [0, 0.1) is 5.82 Å². The third-order valence-electron chi connectivity index (χ3n) is 2.85. The van der Waals surface area contributed by atoms with E-state index < -0.39 is 5.82 Å². The van der Waals surface area contributed by atoms with E-state index in [2.05, 4.69) is 10.6 Å². The van der Waals surface area contributed by atoms with Crippen molar-refractivity contribution in [1.29, 1.82) is 0 Å². The van der Waals surface area contributed by atoms with Crippen LogP contribution in [-0.2, 0) is 11.3 Å². The molecule has 1 unspecified atom stereocenters. The largest absolute Gasteiger partial charge is 0.505 e. The molecular weight excluding hydrogens is 223 g/mol. The van der Waals surface area contributed by atoms with Gasteiger partial charge in [-0.3, -0.25) is 4.79 Å². The molecule has 1 aromatic carbocycles. The fourth-order valence-corrected chi connectivity index (χ4v) is 1.87. The highest BCUT2D eigenvalue weighted by Crippen LogP contribution is 2.16. The average Bonchev–Trinajstić information content (AvgIpc) is 2.32. The lowest BCUT2D eigenvalue weighted by atomic mass is 10.1. The fourth-order valence-electron chi connectivity index (χ4n) is 1.87. The van der Waals surface area contributed by atoms with Crippen molar-refractivity contribution >= 4 is 5.91 Å². The summed E-state index contributed by atoms with van der Waals surface area (Å²) in [4.78, 5) is 11.4. The molecular formula is C12H15FN2O2. The molecule has 1 aliphatic rings. The molecule has 1 amide bonds. The van der Waals surface area contributed by atoms with Crippen molar-refractivity contribution in [2.24, 2.45) is 0 Å². The number of aromatic hydroxyl groups is 1. The summed E-state index contributed by atoms with van der Waals surface area (Å²) in [5, 5.41) is 14.9. The average molecular weight is 238 g/mol. The van der Waals surface area contributed by atoms with E-state index in [-0.39, 0.29) is 17.7 Å². The van der Waals surface area contributed by atoms with E-state index in [4.69, 9.17) is 5.11 Å². The number of hydrogen-bond acceptors (Lipinski definition) is 3. The summed E-state index contributed by atoms with van der Waals surface area (Å²) in [6.07, 6.45) is 1.75. The molecule has 5 heteroatoms. The number of rotatable bonds is 3. The smallest absolute Gasteiger partial charge is 0.237 e. The van der Waals surface area contributed by atoms with Crippen LogP contribution in [0.5, 0.6) is 5.75 Å². The molecule has 0 radical (unpaired) electrons. The lowest BCUT2D eigenvalue weighted by Crippen LogP contribution is -2.47. The van der Waals surface area contributed by atoms with Gasteiger partial charge >= 0.3 is 0 Å². The molecule has 0 spiro atoms. The molecule has 1 atom stereocenters. The highest BCUT2D eigenvalue weighted by molar-refractivity contribution is 5.82. The quantitative estimate of drug-likeness (QED) is 0.733. The minimum atomic E-state index is -0.641. The fraction of sp³-hybridized carbons (Fsp3) is 0.417. The van der Waals surface area contributed by atoms with Crippen molar-refractivity contribution in [2.75, 3.05) is 6.54 Å².